The Morgan fingerprint density at radius 1 is 1.31 bits per heavy atom. The van der Waals surface area contributed by atoms with Gasteiger partial charge in [0.25, 0.3) is 5.91 Å². The molecule has 3 aromatic rings. The standard InChI is InChI=1S/C17H17F2N3O4/c1-4-10-13(8(3)26-22-10)21-16(23)9-6-7-11(24-17(18)19)14-15(9)25-12(5-2)20-14/h6-7,17H,4-5H2,1-3H3,(H,21,23). The van der Waals surface area contributed by atoms with Crippen LogP contribution in [-0.4, -0.2) is 22.7 Å². The van der Waals surface area contributed by atoms with Gasteiger partial charge in [0.2, 0.25) is 0 Å². The minimum Gasteiger partial charge on any atom is -0.440 e. The lowest BCUT2D eigenvalue weighted by atomic mass is 10.1. The molecule has 0 aliphatic rings. The summed E-state index contributed by atoms with van der Waals surface area (Å²) in [6, 6.07) is 2.63. The SMILES string of the molecule is CCc1nc2c(OC(F)F)ccc(C(=O)Nc3c(CC)noc3C)c2o1. The van der Waals surface area contributed by atoms with Crippen molar-refractivity contribution in [2.75, 3.05) is 5.32 Å². The Labute approximate surface area is 147 Å². The Hall–Kier alpha value is -2.97. The van der Waals surface area contributed by atoms with E-state index in [1.807, 2.05) is 6.92 Å². The van der Waals surface area contributed by atoms with E-state index in [1.54, 1.807) is 13.8 Å². The summed E-state index contributed by atoms with van der Waals surface area (Å²) >= 11 is 0. The number of alkyl halides is 2. The van der Waals surface area contributed by atoms with Crippen molar-refractivity contribution in [1.29, 1.82) is 0 Å². The van der Waals surface area contributed by atoms with Crippen molar-refractivity contribution < 1.29 is 27.3 Å². The van der Waals surface area contributed by atoms with Crippen LogP contribution in [0.2, 0.25) is 0 Å². The van der Waals surface area contributed by atoms with E-state index in [9.17, 15) is 13.6 Å². The van der Waals surface area contributed by atoms with Crippen LogP contribution in [-0.2, 0) is 12.8 Å². The molecule has 0 saturated heterocycles. The van der Waals surface area contributed by atoms with E-state index in [4.69, 9.17) is 8.94 Å². The van der Waals surface area contributed by atoms with Crippen molar-refractivity contribution in [2.24, 2.45) is 0 Å². The highest BCUT2D eigenvalue weighted by molar-refractivity contribution is 6.12. The molecule has 0 saturated carbocycles. The summed E-state index contributed by atoms with van der Waals surface area (Å²) in [4.78, 5) is 16.9. The molecule has 0 fully saturated rings. The summed E-state index contributed by atoms with van der Waals surface area (Å²) in [6.07, 6.45) is 1.01. The molecule has 138 valence electrons. The average Bonchev–Trinajstić information content (AvgIpc) is 3.19. The minimum atomic E-state index is -3.01. The largest absolute Gasteiger partial charge is 0.440 e. The maximum Gasteiger partial charge on any atom is 0.387 e. The van der Waals surface area contributed by atoms with Crippen molar-refractivity contribution in [3.63, 3.8) is 0 Å². The minimum absolute atomic E-state index is 0.0764. The third kappa shape index (κ3) is 3.24. The molecular formula is C17H17F2N3O4. The first kappa shape index (κ1) is 17.8. The van der Waals surface area contributed by atoms with Crippen molar-refractivity contribution >= 4 is 22.7 Å². The summed E-state index contributed by atoms with van der Waals surface area (Å²) in [5, 5.41) is 6.61. The average molecular weight is 365 g/mol. The van der Waals surface area contributed by atoms with E-state index in [1.165, 1.54) is 12.1 Å². The molecule has 0 radical (unpaired) electrons. The monoisotopic (exact) mass is 365 g/mol. The number of aromatic nitrogens is 2. The number of carbonyl (C=O) groups is 1. The smallest absolute Gasteiger partial charge is 0.387 e. The van der Waals surface area contributed by atoms with Gasteiger partial charge in [-0.2, -0.15) is 8.78 Å². The zero-order valence-electron chi connectivity index (χ0n) is 14.4. The number of ether oxygens (including phenoxy) is 1. The quantitative estimate of drug-likeness (QED) is 0.707. The molecule has 1 N–H and O–H groups in total. The van der Waals surface area contributed by atoms with Crippen LogP contribution >= 0.6 is 0 Å². The van der Waals surface area contributed by atoms with Crippen LogP contribution in [0.4, 0.5) is 14.5 Å². The highest BCUT2D eigenvalue weighted by Crippen LogP contribution is 2.31. The first-order valence-electron chi connectivity index (χ1n) is 8.08. The highest BCUT2D eigenvalue weighted by Gasteiger charge is 2.22. The van der Waals surface area contributed by atoms with Gasteiger partial charge in [0, 0.05) is 6.42 Å². The third-order valence-corrected chi connectivity index (χ3v) is 3.82. The number of nitrogens with zero attached hydrogens (tertiary/aromatic N) is 2. The zero-order chi connectivity index (χ0) is 18.8. The second-order valence-electron chi connectivity index (χ2n) is 5.50. The molecule has 2 aromatic heterocycles. The van der Waals surface area contributed by atoms with E-state index >= 15 is 0 Å². The predicted molar refractivity (Wildman–Crippen MR) is 88.6 cm³/mol. The highest BCUT2D eigenvalue weighted by atomic mass is 19.3. The Balaban J connectivity index is 2.03. The summed E-state index contributed by atoms with van der Waals surface area (Å²) in [5.74, 6) is 0.148. The van der Waals surface area contributed by atoms with Gasteiger partial charge in [-0.25, -0.2) is 4.98 Å². The number of benzene rings is 1. The number of oxazole rings is 1. The van der Waals surface area contributed by atoms with Crippen LogP contribution in [0.25, 0.3) is 11.1 Å². The zero-order valence-corrected chi connectivity index (χ0v) is 14.4. The maximum atomic E-state index is 12.7. The van der Waals surface area contributed by atoms with Crippen LogP contribution in [0.5, 0.6) is 5.75 Å². The molecule has 0 unspecified atom stereocenters. The lowest BCUT2D eigenvalue weighted by Crippen LogP contribution is -2.14. The Morgan fingerprint density at radius 3 is 2.73 bits per heavy atom. The van der Waals surface area contributed by atoms with Crippen molar-refractivity contribution in [3.8, 4) is 5.75 Å². The second-order valence-corrected chi connectivity index (χ2v) is 5.50. The molecule has 9 heteroatoms. The molecule has 0 bridgehead atoms. The lowest BCUT2D eigenvalue weighted by molar-refractivity contribution is -0.0489. The topological polar surface area (TPSA) is 90.4 Å². The number of amides is 1. The van der Waals surface area contributed by atoms with E-state index in [-0.39, 0.29) is 22.4 Å². The molecule has 0 aliphatic heterocycles. The second kappa shape index (κ2) is 7.11. The Kier molecular flexibility index (Phi) is 4.88. The van der Waals surface area contributed by atoms with E-state index in [0.29, 0.717) is 35.9 Å². The van der Waals surface area contributed by atoms with Crippen LogP contribution in [0.15, 0.2) is 21.1 Å². The van der Waals surface area contributed by atoms with Gasteiger partial charge < -0.3 is 19.0 Å². The number of hydrogen-bond acceptors (Lipinski definition) is 6. The fraction of sp³-hybridized carbons (Fsp3) is 0.353. The fourth-order valence-corrected chi connectivity index (χ4v) is 2.55. The van der Waals surface area contributed by atoms with Crippen LogP contribution < -0.4 is 10.1 Å². The Bertz CT molecular complexity index is 949. The van der Waals surface area contributed by atoms with Gasteiger partial charge in [0.05, 0.1) is 5.56 Å². The molecule has 3 rings (SSSR count). The van der Waals surface area contributed by atoms with E-state index in [2.05, 4.69) is 20.2 Å². The van der Waals surface area contributed by atoms with E-state index in [0.717, 1.165) is 0 Å². The van der Waals surface area contributed by atoms with Crippen molar-refractivity contribution in [1.82, 2.24) is 10.1 Å². The van der Waals surface area contributed by atoms with Gasteiger partial charge >= 0.3 is 6.61 Å². The Morgan fingerprint density at radius 2 is 2.08 bits per heavy atom. The van der Waals surface area contributed by atoms with Gasteiger partial charge in [-0.05, 0) is 25.5 Å². The number of aryl methyl sites for hydroxylation is 3. The van der Waals surface area contributed by atoms with Crippen molar-refractivity contribution in [3.05, 3.63) is 35.0 Å². The van der Waals surface area contributed by atoms with Gasteiger partial charge in [-0.1, -0.05) is 19.0 Å². The van der Waals surface area contributed by atoms with E-state index < -0.39 is 12.5 Å². The molecule has 7 nitrogen and oxygen atoms in total. The number of halogens is 2. The number of rotatable bonds is 6. The summed E-state index contributed by atoms with van der Waals surface area (Å²) in [5.41, 5.74) is 1.40. The van der Waals surface area contributed by atoms with Gasteiger partial charge in [-0.3, -0.25) is 4.79 Å². The van der Waals surface area contributed by atoms with Crippen LogP contribution in [0.1, 0.15) is 41.6 Å². The first-order chi connectivity index (χ1) is 12.4. The molecular weight excluding hydrogens is 348 g/mol. The number of nitrogens with one attached hydrogen (secondary N) is 1. The number of anilines is 1. The van der Waals surface area contributed by atoms with Gasteiger partial charge in [0.1, 0.15) is 11.4 Å². The van der Waals surface area contributed by atoms with Crippen LogP contribution in [0.3, 0.4) is 0 Å². The molecule has 1 aromatic carbocycles. The fourth-order valence-electron chi connectivity index (χ4n) is 2.55. The maximum absolute atomic E-state index is 12.7. The normalized spacial score (nSPS) is 11.3. The summed E-state index contributed by atoms with van der Waals surface area (Å²) in [7, 11) is 0. The molecule has 2 heterocycles. The molecule has 1 amide bonds. The number of fused-ring (bicyclic) bond motifs is 1. The third-order valence-electron chi connectivity index (χ3n) is 3.82. The van der Waals surface area contributed by atoms with Gasteiger partial charge in [0.15, 0.2) is 28.5 Å². The summed E-state index contributed by atoms with van der Waals surface area (Å²) < 4.78 is 40.3. The molecule has 0 spiro atoms. The molecule has 26 heavy (non-hydrogen) atoms. The number of carbonyl (C=O) groups excluding carboxylic acids is 1. The number of hydrogen-bond donors (Lipinski definition) is 1. The van der Waals surface area contributed by atoms with Gasteiger partial charge in [-0.15, -0.1) is 0 Å². The van der Waals surface area contributed by atoms with Crippen molar-refractivity contribution in [2.45, 2.75) is 40.2 Å². The molecule has 0 atom stereocenters. The van der Waals surface area contributed by atoms with Crippen LogP contribution in [0, 0.1) is 6.92 Å². The summed E-state index contributed by atoms with van der Waals surface area (Å²) in [6.45, 7) is 2.35. The first-order valence-corrected chi connectivity index (χ1v) is 8.08. The predicted octanol–water partition coefficient (Wildman–Crippen LogP) is 4.10. The molecule has 0 aliphatic carbocycles. The lowest BCUT2D eigenvalue weighted by Gasteiger charge is -2.08.